The summed E-state index contributed by atoms with van der Waals surface area (Å²) in [5.74, 6) is 0.611. The molecule has 0 radical (unpaired) electrons. The molecule has 11 rings (SSSR count). The van der Waals surface area contributed by atoms with Crippen LogP contribution >= 0.6 is 0 Å². The minimum atomic E-state index is 0.611. The summed E-state index contributed by atoms with van der Waals surface area (Å²) in [7, 11) is 0. The molecule has 0 bridgehead atoms. The van der Waals surface area contributed by atoms with E-state index < -0.39 is 0 Å². The molecular weight excluding hydrogens is 625 g/mol. The molecule has 5 heteroatoms. The van der Waals surface area contributed by atoms with Crippen molar-refractivity contribution in [3.63, 3.8) is 0 Å². The molecule has 0 aliphatic heterocycles. The molecule has 0 amide bonds. The zero-order valence-electron chi connectivity index (χ0n) is 27.4. The van der Waals surface area contributed by atoms with Crippen LogP contribution in [0.3, 0.4) is 0 Å². The molecule has 7 aromatic carbocycles. The fraction of sp³-hybridized carbons (Fsp3) is 0. The zero-order chi connectivity index (χ0) is 33.5. The molecule has 0 unspecified atom stereocenters. The molecule has 11 aromatic rings. The number of hydrogen-bond donors (Lipinski definition) is 0. The maximum absolute atomic E-state index is 6.33. The molecule has 0 spiro atoms. The highest BCUT2D eigenvalue weighted by Crippen LogP contribution is 2.39. The predicted molar refractivity (Wildman–Crippen MR) is 209 cm³/mol. The van der Waals surface area contributed by atoms with Crippen molar-refractivity contribution in [2.45, 2.75) is 0 Å². The van der Waals surface area contributed by atoms with Crippen LogP contribution in [0.2, 0.25) is 0 Å². The van der Waals surface area contributed by atoms with E-state index in [2.05, 4.69) is 173 Å². The standard InChI is InChI=1S/C46H28N4O/c1-2-12-29(13-3-1)30-22-24-42-36(26-30)35-17-7-11-21-41(35)50(42)46-47-28-44-45(48-46)37-27-31(23-25-43(37)51-44)32-14-4-8-18-38(32)49-39-19-9-5-15-33(39)34-16-6-10-20-40(34)49/h1-28H. The Balaban J connectivity index is 1.10. The monoisotopic (exact) mass is 652 g/mol. The molecule has 0 aliphatic carbocycles. The van der Waals surface area contributed by atoms with Gasteiger partial charge in [0.2, 0.25) is 5.95 Å². The van der Waals surface area contributed by atoms with E-state index in [0.29, 0.717) is 11.5 Å². The molecule has 4 heterocycles. The van der Waals surface area contributed by atoms with E-state index in [1.807, 2.05) is 6.20 Å². The summed E-state index contributed by atoms with van der Waals surface area (Å²) < 4.78 is 10.9. The van der Waals surface area contributed by atoms with E-state index in [4.69, 9.17) is 14.4 Å². The molecular formula is C46H28N4O. The van der Waals surface area contributed by atoms with Crippen molar-refractivity contribution in [3.05, 3.63) is 170 Å². The van der Waals surface area contributed by atoms with Gasteiger partial charge < -0.3 is 8.98 Å². The number of aromatic nitrogens is 4. The van der Waals surface area contributed by atoms with Crippen molar-refractivity contribution in [2.24, 2.45) is 0 Å². The molecule has 5 nitrogen and oxygen atoms in total. The van der Waals surface area contributed by atoms with E-state index >= 15 is 0 Å². The van der Waals surface area contributed by atoms with Crippen LogP contribution < -0.4 is 0 Å². The van der Waals surface area contributed by atoms with Crippen LogP contribution in [0.5, 0.6) is 0 Å². The number of para-hydroxylation sites is 4. The second-order valence-corrected chi connectivity index (χ2v) is 13.0. The fourth-order valence-electron chi connectivity index (χ4n) is 7.92. The quantitative estimate of drug-likeness (QED) is 0.190. The second-order valence-electron chi connectivity index (χ2n) is 13.0. The molecule has 0 saturated carbocycles. The van der Waals surface area contributed by atoms with Gasteiger partial charge in [-0.05, 0) is 65.2 Å². The minimum absolute atomic E-state index is 0.611. The van der Waals surface area contributed by atoms with Crippen molar-refractivity contribution < 1.29 is 4.42 Å². The lowest BCUT2D eigenvalue weighted by Crippen LogP contribution is -2.00. The first kappa shape index (κ1) is 27.9. The van der Waals surface area contributed by atoms with Crippen LogP contribution in [0, 0.1) is 0 Å². The number of rotatable bonds is 4. The molecule has 4 aromatic heterocycles. The van der Waals surface area contributed by atoms with Gasteiger partial charge in [0.25, 0.3) is 0 Å². The van der Waals surface area contributed by atoms with E-state index in [1.165, 1.54) is 32.9 Å². The number of nitrogens with zero attached hydrogens (tertiary/aromatic N) is 4. The third kappa shape index (κ3) is 4.15. The fourth-order valence-corrected chi connectivity index (χ4v) is 7.92. The van der Waals surface area contributed by atoms with Crippen molar-refractivity contribution in [2.75, 3.05) is 0 Å². The number of furan rings is 1. The number of benzene rings is 7. The highest BCUT2D eigenvalue weighted by atomic mass is 16.3. The van der Waals surface area contributed by atoms with Gasteiger partial charge in [-0.25, -0.2) is 9.97 Å². The Hall–Kier alpha value is -6.98. The van der Waals surface area contributed by atoms with Crippen LogP contribution in [0.15, 0.2) is 174 Å². The van der Waals surface area contributed by atoms with E-state index in [9.17, 15) is 0 Å². The van der Waals surface area contributed by atoms with Gasteiger partial charge in [0.1, 0.15) is 11.1 Å². The Bertz CT molecular complexity index is 3090. The van der Waals surface area contributed by atoms with E-state index in [1.54, 1.807) is 0 Å². The van der Waals surface area contributed by atoms with Gasteiger partial charge in [-0.2, -0.15) is 0 Å². The first-order chi connectivity index (χ1) is 25.3. The number of hydrogen-bond acceptors (Lipinski definition) is 3. The van der Waals surface area contributed by atoms with Crippen LogP contribution in [-0.4, -0.2) is 19.1 Å². The lowest BCUT2D eigenvalue weighted by molar-refractivity contribution is 0.665. The molecule has 0 atom stereocenters. The summed E-state index contributed by atoms with van der Waals surface area (Å²) in [4.78, 5) is 10.1. The summed E-state index contributed by atoms with van der Waals surface area (Å²) in [5, 5.41) is 5.76. The smallest absolute Gasteiger partial charge is 0.235 e. The van der Waals surface area contributed by atoms with Crippen LogP contribution in [0.4, 0.5) is 0 Å². The van der Waals surface area contributed by atoms with Gasteiger partial charge in [0.05, 0.1) is 34.0 Å². The summed E-state index contributed by atoms with van der Waals surface area (Å²) >= 11 is 0. The first-order valence-electron chi connectivity index (χ1n) is 17.2. The van der Waals surface area contributed by atoms with E-state index in [-0.39, 0.29) is 0 Å². The molecule has 51 heavy (non-hydrogen) atoms. The summed E-state index contributed by atoms with van der Waals surface area (Å²) in [6.07, 6.45) is 1.81. The molecule has 0 saturated heterocycles. The maximum atomic E-state index is 6.33. The van der Waals surface area contributed by atoms with Gasteiger partial charge in [0, 0.05) is 32.5 Å². The van der Waals surface area contributed by atoms with Gasteiger partial charge in [-0.15, -0.1) is 0 Å². The van der Waals surface area contributed by atoms with Gasteiger partial charge in [-0.1, -0.05) is 115 Å². The van der Waals surface area contributed by atoms with Gasteiger partial charge >= 0.3 is 0 Å². The Morgan fingerprint density at radius 3 is 1.76 bits per heavy atom. The van der Waals surface area contributed by atoms with E-state index in [0.717, 1.165) is 55.1 Å². The molecule has 0 fully saturated rings. The van der Waals surface area contributed by atoms with Crippen LogP contribution in [-0.2, 0) is 0 Å². The van der Waals surface area contributed by atoms with Crippen LogP contribution in [0.1, 0.15) is 0 Å². The Kier molecular flexibility index (Phi) is 5.89. The topological polar surface area (TPSA) is 48.8 Å². The average molecular weight is 653 g/mol. The predicted octanol–water partition coefficient (Wildman–Crippen LogP) is 11.9. The molecule has 0 aliphatic rings. The summed E-state index contributed by atoms with van der Waals surface area (Å²) in [6.45, 7) is 0. The lowest BCUT2D eigenvalue weighted by atomic mass is 10.0. The van der Waals surface area contributed by atoms with Crippen molar-refractivity contribution in [1.82, 2.24) is 19.1 Å². The molecule has 238 valence electrons. The average Bonchev–Trinajstić information content (AvgIpc) is 3.85. The highest BCUT2D eigenvalue weighted by molar-refractivity contribution is 6.12. The van der Waals surface area contributed by atoms with Crippen molar-refractivity contribution in [3.8, 4) is 33.9 Å². The highest BCUT2D eigenvalue weighted by Gasteiger charge is 2.19. The first-order valence-corrected chi connectivity index (χ1v) is 17.2. The Morgan fingerprint density at radius 2 is 1.00 bits per heavy atom. The molecule has 0 N–H and O–H groups in total. The maximum Gasteiger partial charge on any atom is 0.235 e. The SMILES string of the molecule is c1ccc(-c2ccc3c(c2)c2ccccc2n3-c2ncc3oc4ccc(-c5ccccc5-n5c6ccccc6c6ccccc65)cc4c3n2)cc1. The minimum Gasteiger partial charge on any atom is -0.453 e. The lowest BCUT2D eigenvalue weighted by Gasteiger charge is -2.14. The van der Waals surface area contributed by atoms with Crippen molar-refractivity contribution in [1.29, 1.82) is 0 Å². The third-order valence-corrected chi connectivity index (χ3v) is 10.2. The second kappa shape index (κ2) is 10.8. The van der Waals surface area contributed by atoms with Gasteiger partial charge in [0.15, 0.2) is 5.58 Å². The Morgan fingerprint density at radius 1 is 0.412 bits per heavy atom. The van der Waals surface area contributed by atoms with Crippen LogP contribution in [0.25, 0.3) is 99.6 Å². The third-order valence-electron chi connectivity index (χ3n) is 10.2. The zero-order valence-corrected chi connectivity index (χ0v) is 27.4. The normalized spacial score (nSPS) is 11.9. The van der Waals surface area contributed by atoms with Crippen molar-refractivity contribution >= 4 is 65.7 Å². The largest absolute Gasteiger partial charge is 0.453 e. The van der Waals surface area contributed by atoms with Gasteiger partial charge in [-0.3, -0.25) is 4.57 Å². The summed E-state index contributed by atoms with van der Waals surface area (Å²) in [5.41, 5.74) is 12.4. The Labute approximate surface area is 292 Å². The summed E-state index contributed by atoms with van der Waals surface area (Å²) in [6, 6.07) is 57.9. The number of fused-ring (bicyclic) bond motifs is 9.